The summed E-state index contributed by atoms with van der Waals surface area (Å²) in [5.41, 5.74) is -0.657. The molecule has 0 heterocycles. The van der Waals surface area contributed by atoms with Crippen LogP contribution < -0.4 is 5.32 Å². The highest BCUT2D eigenvalue weighted by Gasteiger charge is 2.38. The molecule has 1 fully saturated rings. The zero-order valence-corrected chi connectivity index (χ0v) is 11.3. The van der Waals surface area contributed by atoms with E-state index in [0.29, 0.717) is 6.04 Å². The maximum Gasteiger partial charge on any atom is 0.323 e. The van der Waals surface area contributed by atoms with Gasteiger partial charge in [0, 0.05) is 19.1 Å². The molecule has 0 unspecified atom stereocenters. The van der Waals surface area contributed by atoms with Crippen molar-refractivity contribution in [3.8, 4) is 0 Å². The van der Waals surface area contributed by atoms with Gasteiger partial charge in [0.15, 0.2) is 0 Å². The molecule has 0 atom stereocenters. The minimum Gasteiger partial charge on any atom is -0.480 e. The molecule has 1 saturated carbocycles. The third-order valence-electron chi connectivity index (χ3n) is 3.93. The smallest absolute Gasteiger partial charge is 0.323 e. The van der Waals surface area contributed by atoms with E-state index in [1.54, 1.807) is 0 Å². The quantitative estimate of drug-likeness (QED) is 0.744. The molecule has 0 aromatic heterocycles. The molecule has 4 nitrogen and oxygen atoms in total. The van der Waals surface area contributed by atoms with Gasteiger partial charge in [-0.2, -0.15) is 0 Å². The fourth-order valence-corrected chi connectivity index (χ4v) is 2.35. The molecule has 0 aromatic carbocycles. The first kappa shape index (κ1) is 14.5. The molecule has 0 aromatic rings. The van der Waals surface area contributed by atoms with Gasteiger partial charge in [0.1, 0.15) is 5.54 Å². The predicted molar refractivity (Wildman–Crippen MR) is 69.2 cm³/mol. The first-order valence-electron chi connectivity index (χ1n) is 6.66. The van der Waals surface area contributed by atoms with Crippen LogP contribution in [0.3, 0.4) is 0 Å². The Bertz CT molecular complexity index is 248. The highest BCUT2D eigenvalue weighted by Crippen LogP contribution is 2.28. The van der Waals surface area contributed by atoms with Gasteiger partial charge < -0.3 is 15.3 Å². The number of hydrogen-bond donors (Lipinski definition) is 2. The third-order valence-corrected chi connectivity index (χ3v) is 3.93. The number of rotatable bonds is 6. The summed E-state index contributed by atoms with van der Waals surface area (Å²) in [6, 6.07) is 0.504. The lowest BCUT2D eigenvalue weighted by Gasteiger charge is -2.35. The van der Waals surface area contributed by atoms with Crippen molar-refractivity contribution in [2.75, 3.05) is 20.1 Å². The first-order valence-corrected chi connectivity index (χ1v) is 6.66. The van der Waals surface area contributed by atoms with Crippen LogP contribution in [0.4, 0.5) is 0 Å². The molecule has 0 spiro atoms. The molecular formula is C13H26N2O2. The van der Waals surface area contributed by atoms with E-state index < -0.39 is 11.5 Å². The van der Waals surface area contributed by atoms with E-state index in [4.69, 9.17) is 0 Å². The van der Waals surface area contributed by atoms with Crippen molar-refractivity contribution in [1.29, 1.82) is 0 Å². The van der Waals surface area contributed by atoms with Crippen molar-refractivity contribution in [2.45, 2.75) is 57.5 Å². The average molecular weight is 242 g/mol. The maximum atomic E-state index is 11.4. The van der Waals surface area contributed by atoms with Gasteiger partial charge in [0.05, 0.1) is 0 Å². The summed E-state index contributed by atoms with van der Waals surface area (Å²) in [4.78, 5) is 13.6. The number of carbonyl (C=O) groups is 1. The molecule has 1 rings (SSSR count). The first-order chi connectivity index (χ1) is 7.98. The predicted octanol–water partition coefficient (Wildman–Crippen LogP) is 1.70. The monoisotopic (exact) mass is 242 g/mol. The van der Waals surface area contributed by atoms with Crippen LogP contribution in [0.2, 0.25) is 0 Å². The van der Waals surface area contributed by atoms with E-state index in [1.165, 1.54) is 6.42 Å². The normalized spacial score (nSPS) is 19.8. The summed E-state index contributed by atoms with van der Waals surface area (Å²) >= 11 is 0. The fraction of sp³-hybridized carbons (Fsp3) is 0.923. The Labute approximate surface area is 104 Å². The van der Waals surface area contributed by atoms with E-state index in [-0.39, 0.29) is 0 Å². The molecule has 100 valence electrons. The van der Waals surface area contributed by atoms with Crippen LogP contribution in [0.1, 0.15) is 46.0 Å². The number of aliphatic carboxylic acids is 1. The Morgan fingerprint density at radius 2 is 1.94 bits per heavy atom. The summed E-state index contributed by atoms with van der Waals surface area (Å²) < 4.78 is 0. The van der Waals surface area contributed by atoms with Gasteiger partial charge in [-0.25, -0.2) is 0 Å². The Hall–Kier alpha value is -0.610. The van der Waals surface area contributed by atoms with E-state index in [2.05, 4.69) is 31.1 Å². The van der Waals surface area contributed by atoms with Gasteiger partial charge >= 0.3 is 5.97 Å². The SMILES string of the molecule is CC(C)N(C)CCNC1(C(=O)O)CCCCC1. The number of nitrogens with one attached hydrogen (secondary N) is 1. The second-order valence-electron chi connectivity index (χ2n) is 5.45. The van der Waals surface area contributed by atoms with Gasteiger partial charge in [-0.15, -0.1) is 0 Å². The number of likely N-dealkylation sites (N-methyl/N-ethyl adjacent to an activating group) is 1. The number of hydrogen-bond acceptors (Lipinski definition) is 3. The molecule has 1 aliphatic carbocycles. The Kier molecular flexibility index (Phi) is 5.40. The molecule has 0 bridgehead atoms. The van der Waals surface area contributed by atoms with Crippen molar-refractivity contribution in [2.24, 2.45) is 0 Å². The van der Waals surface area contributed by atoms with Gasteiger partial charge in [0.2, 0.25) is 0 Å². The van der Waals surface area contributed by atoms with Crippen molar-refractivity contribution in [3.63, 3.8) is 0 Å². The lowest BCUT2D eigenvalue weighted by Crippen LogP contribution is -2.55. The van der Waals surface area contributed by atoms with E-state index in [0.717, 1.165) is 38.8 Å². The van der Waals surface area contributed by atoms with Gasteiger partial charge in [-0.05, 0) is 33.7 Å². The number of nitrogens with zero attached hydrogens (tertiary/aromatic N) is 1. The molecule has 0 aliphatic heterocycles. The van der Waals surface area contributed by atoms with Crippen LogP contribution in [0.15, 0.2) is 0 Å². The molecule has 4 heteroatoms. The van der Waals surface area contributed by atoms with Gasteiger partial charge in [-0.1, -0.05) is 19.3 Å². The highest BCUT2D eigenvalue weighted by atomic mass is 16.4. The van der Waals surface area contributed by atoms with Crippen LogP contribution in [0.25, 0.3) is 0 Å². The third kappa shape index (κ3) is 3.96. The molecule has 1 aliphatic rings. The summed E-state index contributed by atoms with van der Waals surface area (Å²) in [6.45, 7) is 5.94. The highest BCUT2D eigenvalue weighted by molar-refractivity contribution is 5.78. The molecule has 0 radical (unpaired) electrons. The molecule has 0 amide bonds. The van der Waals surface area contributed by atoms with Crippen LogP contribution in [0.5, 0.6) is 0 Å². The van der Waals surface area contributed by atoms with E-state index in [1.807, 2.05) is 0 Å². The maximum absolute atomic E-state index is 11.4. The molecular weight excluding hydrogens is 216 g/mol. The molecule has 2 N–H and O–H groups in total. The van der Waals surface area contributed by atoms with Crippen LogP contribution in [0, 0.1) is 0 Å². The Balaban J connectivity index is 2.42. The van der Waals surface area contributed by atoms with Crippen molar-refractivity contribution in [3.05, 3.63) is 0 Å². The lowest BCUT2D eigenvalue weighted by molar-refractivity contribution is -0.146. The number of carboxylic acid groups (broad SMARTS) is 1. The second kappa shape index (κ2) is 6.36. The topological polar surface area (TPSA) is 52.6 Å². The van der Waals surface area contributed by atoms with Gasteiger partial charge in [-0.3, -0.25) is 4.79 Å². The van der Waals surface area contributed by atoms with Crippen molar-refractivity contribution < 1.29 is 9.90 Å². The van der Waals surface area contributed by atoms with Crippen molar-refractivity contribution in [1.82, 2.24) is 10.2 Å². The standard InChI is InChI=1S/C13H26N2O2/c1-11(2)15(3)10-9-14-13(12(16)17)7-5-4-6-8-13/h11,14H,4-10H2,1-3H3,(H,16,17). The molecule has 0 saturated heterocycles. The average Bonchev–Trinajstić information content (AvgIpc) is 2.29. The summed E-state index contributed by atoms with van der Waals surface area (Å²) in [5.74, 6) is -0.676. The van der Waals surface area contributed by atoms with Crippen molar-refractivity contribution >= 4 is 5.97 Å². The summed E-state index contributed by atoms with van der Waals surface area (Å²) in [7, 11) is 2.07. The number of carboxylic acids is 1. The second-order valence-corrected chi connectivity index (χ2v) is 5.45. The minimum atomic E-state index is -0.676. The lowest BCUT2D eigenvalue weighted by atomic mass is 9.81. The largest absolute Gasteiger partial charge is 0.480 e. The Morgan fingerprint density at radius 1 is 1.35 bits per heavy atom. The summed E-state index contributed by atoms with van der Waals surface area (Å²) in [5, 5.41) is 12.7. The Morgan fingerprint density at radius 3 is 2.41 bits per heavy atom. The summed E-state index contributed by atoms with van der Waals surface area (Å²) in [6.07, 6.45) is 4.77. The van der Waals surface area contributed by atoms with Crippen LogP contribution in [-0.2, 0) is 4.79 Å². The fourth-order valence-electron chi connectivity index (χ4n) is 2.35. The van der Waals surface area contributed by atoms with Crippen LogP contribution >= 0.6 is 0 Å². The zero-order valence-electron chi connectivity index (χ0n) is 11.3. The van der Waals surface area contributed by atoms with Gasteiger partial charge in [0.25, 0.3) is 0 Å². The van der Waals surface area contributed by atoms with E-state index >= 15 is 0 Å². The van der Waals surface area contributed by atoms with Crippen LogP contribution in [-0.4, -0.2) is 47.7 Å². The molecule has 17 heavy (non-hydrogen) atoms. The van der Waals surface area contributed by atoms with E-state index in [9.17, 15) is 9.90 Å². The zero-order chi connectivity index (χ0) is 12.9. The minimum absolute atomic E-state index is 0.504.